The molecule has 3 aromatic carbocycles. The second-order valence-corrected chi connectivity index (χ2v) is 7.24. The summed E-state index contributed by atoms with van der Waals surface area (Å²) in [6.45, 7) is 2.43. The zero-order valence-electron chi connectivity index (χ0n) is 17.8. The van der Waals surface area contributed by atoms with Crippen LogP contribution in [0.1, 0.15) is 29.5 Å². The molecule has 0 saturated carbocycles. The number of fused-ring (bicyclic) bond motifs is 1. The first-order valence-corrected chi connectivity index (χ1v) is 10.4. The Balaban J connectivity index is 1.55. The number of aromatic carboxylic acids is 1. The molecule has 0 aliphatic heterocycles. The van der Waals surface area contributed by atoms with Crippen molar-refractivity contribution in [2.75, 3.05) is 13.2 Å². The summed E-state index contributed by atoms with van der Waals surface area (Å²) in [5.74, 6) is -0.429. The molecule has 1 heterocycles. The van der Waals surface area contributed by atoms with E-state index in [4.69, 9.17) is 14.1 Å². The third-order valence-corrected chi connectivity index (χ3v) is 4.86. The van der Waals surface area contributed by atoms with Gasteiger partial charge in [0.05, 0.1) is 5.56 Å². The maximum Gasteiger partial charge on any atom is 0.336 e. The Labute approximate surface area is 189 Å². The number of oxime groups is 1. The van der Waals surface area contributed by atoms with E-state index in [0.29, 0.717) is 40.5 Å². The molecule has 0 bridgehead atoms. The van der Waals surface area contributed by atoms with Gasteiger partial charge in [-0.3, -0.25) is 0 Å². The zero-order chi connectivity index (χ0) is 23.2. The van der Waals surface area contributed by atoms with Gasteiger partial charge in [-0.2, -0.15) is 0 Å². The molecule has 0 atom stereocenters. The Kier molecular flexibility index (Phi) is 6.64. The minimum absolute atomic E-state index is 0.0336. The molecule has 4 rings (SSSR count). The first-order chi connectivity index (χ1) is 16.0. The third-order valence-electron chi connectivity index (χ3n) is 4.86. The number of carboxylic acid groups (broad SMARTS) is 1. The molecule has 0 saturated heterocycles. The van der Waals surface area contributed by atoms with Gasteiger partial charge in [0, 0.05) is 11.6 Å². The molecule has 0 aliphatic carbocycles. The first kappa shape index (κ1) is 22.0. The molecule has 168 valence electrons. The first-order valence-electron chi connectivity index (χ1n) is 10.4. The quantitative estimate of drug-likeness (QED) is 0.205. The second kappa shape index (κ2) is 9.95. The fourth-order valence-corrected chi connectivity index (χ4v) is 3.21. The number of carboxylic acids is 1. The lowest BCUT2D eigenvalue weighted by Gasteiger charge is -2.09. The Morgan fingerprint density at radius 3 is 2.70 bits per heavy atom. The number of aromatic nitrogens is 1. The van der Waals surface area contributed by atoms with E-state index in [1.54, 1.807) is 48.5 Å². The minimum Gasteiger partial charge on any atom is -0.487 e. The van der Waals surface area contributed by atoms with Crippen molar-refractivity contribution in [3.63, 3.8) is 0 Å². The monoisotopic (exact) mass is 448 g/mol. The van der Waals surface area contributed by atoms with Crippen LogP contribution in [0.5, 0.6) is 5.75 Å². The molecule has 1 aromatic heterocycles. The van der Waals surface area contributed by atoms with E-state index in [0.717, 1.165) is 11.8 Å². The second-order valence-electron chi connectivity index (χ2n) is 7.24. The lowest BCUT2D eigenvalue weighted by molar-refractivity contribution is 0.0699. The molecule has 0 radical (unpaired) electrons. The summed E-state index contributed by atoms with van der Waals surface area (Å²) in [5, 5.41) is 18.9. The minimum atomic E-state index is -0.987. The fourth-order valence-electron chi connectivity index (χ4n) is 3.21. The van der Waals surface area contributed by atoms with Crippen LogP contribution in [0.2, 0.25) is 0 Å². The Bertz CT molecular complexity index is 1300. The van der Waals surface area contributed by atoms with Crippen molar-refractivity contribution >= 4 is 22.5 Å². The number of rotatable bonds is 9. The molecule has 0 spiro atoms. The summed E-state index contributed by atoms with van der Waals surface area (Å²) in [6.07, 6.45) is 0.783. The van der Waals surface area contributed by atoms with E-state index in [1.165, 1.54) is 12.1 Å². The van der Waals surface area contributed by atoms with Crippen LogP contribution >= 0.6 is 0 Å². The SMILES string of the molecule is CCCON=C(COc1ccc2c(C(=O)O)cccc2c1)c1cc(-c2ccc(F)cc2)no1. The molecule has 0 unspecified atom stereocenters. The number of carbonyl (C=O) groups is 1. The van der Waals surface area contributed by atoms with Gasteiger partial charge >= 0.3 is 5.97 Å². The predicted octanol–water partition coefficient (Wildman–Crippen LogP) is 5.54. The van der Waals surface area contributed by atoms with Gasteiger partial charge in [0.25, 0.3) is 0 Å². The van der Waals surface area contributed by atoms with Crippen molar-refractivity contribution < 1.29 is 28.4 Å². The van der Waals surface area contributed by atoms with Gasteiger partial charge in [-0.05, 0) is 65.7 Å². The molecule has 0 amide bonds. The van der Waals surface area contributed by atoms with Crippen molar-refractivity contribution in [3.05, 3.63) is 83.9 Å². The lowest BCUT2D eigenvalue weighted by Crippen LogP contribution is -2.13. The Morgan fingerprint density at radius 2 is 1.94 bits per heavy atom. The average molecular weight is 448 g/mol. The van der Waals surface area contributed by atoms with Gasteiger partial charge in [0.2, 0.25) is 0 Å². The molecular formula is C25H21FN2O5. The largest absolute Gasteiger partial charge is 0.487 e. The van der Waals surface area contributed by atoms with E-state index >= 15 is 0 Å². The summed E-state index contributed by atoms with van der Waals surface area (Å²) >= 11 is 0. The maximum absolute atomic E-state index is 13.2. The molecule has 33 heavy (non-hydrogen) atoms. The molecule has 7 nitrogen and oxygen atoms in total. The highest BCUT2D eigenvalue weighted by atomic mass is 19.1. The van der Waals surface area contributed by atoms with Crippen molar-refractivity contribution in [2.45, 2.75) is 13.3 Å². The normalized spacial score (nSPS) is 11.5. The van der Waals surface area contributed by atoms with Crippen LogP contribution in [0, 0.1) is 5.82 Å². The van der Waals surface area contributed by atoms with Crippen LogP contribution in [0.3, 0.4) is 0 Å². The number of hydrogen-bond donors (Lipinski definition) is 1. The van der Waals surface area contributed by atoms with Crippen molar-refractivity contribution in [1.29, 1.82) is 0 Å². The van der Waals surface area contributed by atoms with Gasteiger partial charge in [-0.15, -0.1) is 0 Å². The van der Waals surface area contributed by atoms with Crippen LogP contribution in [0.15, 0.2) is 76.4 Å². The number of nitrogens with zero attached hydrogens (tertiary/aromatic N) is 2. The number of benzene rings is 3. The maximum atomic E-state index is 13.2. The molecule has 8 heteroatoms. The van der Waals surface area contributed by atoms with Crippen LogP contribution in [-0.2, 0) is 4.84 Å². The van der Waals surface area contributed by atoms with Crippen molar-refractivity contribution in [3.8, 4) is 17.0 Å². The number of ether oxygens (including phenoxy) is 1. The molecule has 1 N–H and O–H groups in total. The summed E-state index contributed by atoms with van der Waals surface area (Å²) < 4.78 is 24.5. The summed E-state index contributed by atoms with van der Waals surface area (Å²) in [4.78, 5) is 16.8. The smallest absolute Gasteiger partial charge is 0.336 e. The van der Waals surface area contributed by atoms with Gasteiger partial charge < -0.3 is 19.2 Å². The molecule has 0 fully saturated rings. The van der Waals surface area contributed by atoms with Crippen LogP contribution < -0.4 is 4.74 Å². The molecule has 4 aromatic rings. The van der Waals surface area contributed by atoms with E-state index in [2.05, 4.69) is 10.3 Å². The fraction of sp³-hybridized carbons (Fsp3) is 0.160. The Hall–Kier alpha value is -4.20. The van der Waals surface area contributed by atoms with Crippen molar-refractivity contribution in [2.24, 2.45) is 5.16 Å². The van der Waals surface area contributed by atoms with Crippen molar-refractivity contribution in [1.82, 2.24) is 5.16 Å². The average Bonchev–Trinajstić information content (AvgIpc) is 3.31. The topological polar surface area (TPSA) is 94.2 Å². The van der Waals surface area contributed by atoms with Gasteiger partial charge in [0.1, 0.15) is 30.5 Å². The third kappa shape index (κ3) is 5.17. The van der Waals surface area contributed by atoms with E-state index in [-0.39, 0.29) is 18.0 Å². The molecular weight excluding hydrogens is 427 g/mol. The zero-order valence-corrected chi connectivity index (χ0v) is 17.8. The van der Waals surface area contributed by atoms with E-state index < -0.39 is 5.97 Å². The lowest BCUT2D eigenvalue weighted by atomic mass is 10.0. The highest BCUT2D eigenvalue weighted by Gasteiger charge is 2.15. The number of hydrogen-bond acceptors (Lipinski definition) is 6. The van der Waals surface area contributed by atoms with Gasteiger partial charge in [-0.1, -0.05) is 29.4 Å². The number of halogens is 1. The van der Waals surface area contributed by atoms with Crippen LogP contribution in [0.25, 0.3) is 22.0 Å². The highest BCUT2D eigenvalue weighted by Crippen LogP contribution is 2.25. The Morgan fingerprint density at radius 1 is 1.12 bits per heavy atom. The standard InChI is InChI=1S/C25H21FN2O5/c1-2-12-32-27-23(24-14-22(28-33-24)16-6-8-18(26)9-7-16)15-31-19-10-11-20-17(13-19)4-3-5-21(20)25(29)30/h3-11,13-14H,2,12,15H2,1H3,(H,29,30). The van der Waals surface area contributed by atoms with Gasteiger partial charge in [-0.25, -0.2) is 9.18 Å². The molecule has 0 aliphatic rings. The summed E-state index contributed by atoms with van der Waals surface area (Å²) in [7, 11) is 0. The van der Waals surface area contributed by atoms with Crippen LogP contribution in [-0.4, -0.2) is 35.2 Å². The van der Waals surface area contributed by atoms with E-state index in [9.17, 15) is 14.3 Å². The van der Waals surface area contributed by atoms with E-state index in [1.807, 2.05) is 13.0 Å². The highest BCUT2D eigenvalue weighted by molar-refractivity contribution is 6.04. The summed E-state index contributed by atoms with van der Waals surface area (Å²) in [6, 6.07) is 17.8. The van der Waals surface area contributed by atoms with Gasteiger partial charge in [0.15, 0.2) is 11.5 Å². The van der Waals surface area contributed by atoms with Crippen LogP contribution in [0.4, 0.5) is 4.39 Å². The predicted molar refractivity (Wildman–Crippen MR) is 121 cm³/mol. The summed E-state index contributed by atoms with van der Waals surface area (Å²) in [5.41, 5.74) is 1.85.